The van der Waals surface area contributed by atoms with Gasteiger partial charge in [-0.2, -0.15) is 0 Å². The first-order chi connectivity index (χ1) is 17.3. The van der Waals surface area contributed by atoms with Gasteiger partial charge in [0.05, 0.1) is 11.1 Å². The Balaban J connectivity index is 1.97. The van der Waals surface area contributed by atoms with E-state index in [1.807, 2.05) is 27.7 Å². The largest absolute Gasteiger partial charge is 0.507 e. The van der Waals surface area contributed by atoms with Crippen LogP contribution in [-0.4, -0.2) is 39.9 Å². The molecule has 0 aliphatic heterocycles. The Morgan fingerprint density at radius 3 is 2.14 bits per heavy atom. The molecular formula is C28H30N4O5. The molecule has 0 aliphatic rings. The van der Waals surface area contributed by atoms with Crippen LogP contribution in [0.2, 0.25) is 0 Å². The first-order valence-corrected chi connectivity index (χ1v) is 11.6. The van der Waals surface area contributed by atoms with E-state index in [9.17, 15) is 24.6 Å². The monoisotopic (exact) mass is 502 g/mol. The normalized spacial score (nSPS) is 11.9. The average molecular weight is 503 g/mol. The van der Waals surface area contributed by atoms with Crippen molar-refractivity contribution in [2.24, 2.45) is 11.1 Å². The SMILES string of the molecule is CC(NC(=O)c1ccc(-c2ccccc2C(=O)Nc2ccc(C(=N)N)c(O)c2)c(C(=O)O)c1)C(C)(C)C. The molecule has 3 aromatic rings. The lowest BCUT2D eigenvalue weighted by Crippen LogP contribution is -2.41. The van der Waals surface area contributed by atoms with Crippen LogP contribution in [0.4, 0.5) is 5.69 Å². The number of phenols is 1. The summed E-state index contributed by atoms with van der Waals surface area (Å²) in [7, 11) is 0. The molecule has 9 nitrogen and oxygen atoms in total. The molecule has 3 rings (SSSR count). The number of nitrogens with one attached hydrogen (secondary N) is 3. The summed E-state index contributed by atoms with van der Waals surface area (Å²) < 4.78 is 0. The molecule has 0 heterocycles. The molecule has 0 fully saturated rings. The molecule has 0 aromatic heterocycles. The minimum absolute atomic E-state index is 0.125. The Bertz CT molecular complexity index is 1390. The Labute approximate surface area is 214 Å². The van der Waals surface area contributed by atoms with Gasteiger partial charge in [0, 0.05) is 28.9 Å². The van der Waals surface area contributed by atoms with E-state index in [0.29, 0.717) is 5.56 Å². The number of aromatic carboxylic acids is 1. The maximum atomic E-state index is 13.1. The van der Waals surface area contributed by atoms with Crippen LogP contribution in [0.5, 0.6) is 5.75 Å². The summed E-state index contributed by atoms with van der Waals surface area (Å²) in [6.45, 7) is 7.85. The number of aromatic hydroxyl groups is 1. The first-order valence-electron chi connectivity index (χ1n) is 11.6. The number of nitrogen functional groups attached to an aromatic ring is 1. The van der Waals surface area contributed by atoms with E-state index in [-0.39, 0.29) is 56.5 Å². The molecule has 192 valence electrons. The highest BCUT2D eigenvalue weighted by Crippen LogP contribution is 2.30. The lowest BCUT2D eigenvalue weighted by molar-refractivity contribution is 0.0697. The van der Waals surface area contributed by atoms with E-state index < -0.39 is 17.8 Å². The third kappa shape index (κ3) is 6.13. The standard InChI is InChI=1S/C28H30N4O5/c1-15(28(2,3)4)31-25(34)16-9-11-19(22(13-16)27(36)37)18-7-5-6-8-20(18)26(35)32-17-10-12-21(24(29)30)23(33)14-17/h5-15,33H,1-4H3,(H3,29,30)(H,31,34)(H,32,35)(H,36,37). The molecule has 1 unspecified atom stereocenters. The van der Waals surface area contributed by atoms with Crippen LogP contribution in [0.1, 0.15) is 64.3 Å². The smallest absolute Gasteiger partial charge is 0.336 e. The number of hydrogen-bond donors (Lipinski definition) is 6. The molecule has 37 heavy (non-hydrogen) atoms. The number of nitrogens with two attached hydrogens (primary N) is 1. The number of amides is 2. The minimum atomic E-state index is -1.24. The highest BCUT2D eigenvalue weighted by molar-refractivity contribution is 6.11. The predicted molar refractivity (Wildman–Crippen MR) is 142 cm³/mol. The van der Waals surface area contributed by atoms with Crippen LogP contribution in [-0.2, 0) is 0 Å². The Kier molecular flexibility index (Phi) is 7.67. The summed E-state index contributed by atoms with van der Waals surface area (Å²) in [5.74, 6) is -2.75. The second-order valence-corrected chi connectivity index (χ2v) is 9.77. The van der Waals surface area contributed by atoms with Crippen LogP contribution < -0.4 is 16.4 Å². The van der Waals surface area contributed by atoms with Crippen molar-refractivity contribution in [1.29, 1.82) is 5.41 Å². The van der Waals surface area contributed by atoms with E-state index in [1.165, 1.54) is 36.4 Å². The first kappa shape index (κ1) is 26.9. The number of carboxylic acids is 1. The average Bonchev–Trinajstić information content (AvgIpc) is 2.82. The van der Waals surface area contributed by atoms with E-state index >= 15 is 0 Å². The number of amidine groups is 1. The maximum Gasteiger partial charge on any atom is 0.336 e. The molecule has 0 bridgehead atoms. The fraction of sp³-hybridized carbons (Fsp3) is 0.214. The van der Waals surface area contributed by atoms with Gasteiger partial charge < -0.3 is 26.6 Å². The molecular weight excluding hydrogens is 472 g/mol. The van der Waals surface area contributed by atoms with E-state index in [2.05, 4.69) is 10.6 Å². The van der Waals surface area contributed by atoms with Gasteiger partial charge in [0.1, 0.15) is 11.6 Å². The zero-order chi connectivity index (χ0) is 27.5. The van der Waals surface area contributed by atoms with Gasteiger partial charge in [0.15, 0.2) is 0 Å². The molecule has 1 atom stereocenters. The lowest BCUT2D eigenvalue weighted by Gasteiger charge is -2.28. The highest BCUT2D eigenvalue weighted by Gasteiger charge is 2.24. The van der Waals surface area contributed by atoms with Gasteiger partial charge in [0.25, 0.3) is 11.8 Å². The van der Waals surface area contributed by atoms with Gasteiger partial charge in [-0.15, -0.1) is 0 Å². The third-order valence-electron chi connectivity index (χ3n) is 6.17. The molecule has 0 saturated heterocycles. The minimum Gasteiger partial charge on any atom is -0.507 e. The lowest BCUT2D eigenvalue weighted by atomic mass is 9.88. The molecule has 0 radical (unpaired) electrons. The zero-order valence-corrected chi connectivity index (χ0v) is 21.0. The maximum absolute atomic E-state index is 13.1. The quantitative estimate of drug-likeness (QED) is 0.206. The van der Waals surface area contributed by atoms with Crippen molar-refractivity contribution in [2.45, 2.75) is 33.7 Å². The fourth-order valence-electron chi connectivity index (χ4n) is 3.55. The van der Waals surface area contributed by atoms with Crippen LogP contribution >= 0.6 is 0 Å². The number of benzene rings is 3. The molecule has 3 aromatic carbocycles. The summed E-state index contributed by atoms with van der Waals surface area (Å²) >= 11 is 0. The number of phenolic OH excluding ortho intramolecular Hbond substituents is 1. The van der Waals surface area contributed by atoms with Crippen molar-refractivity contribution in [3.63, 3.8) is 0 Å². The van der Waals surface area contributed by atoms with Crippen LogP contribution in [0.3, 0.4) is 0 Å². The van der Waals surface area contributed by atoms with Crippen molar-refractivity contribution in [3.05, 3.63) is 82.9 Å². The number of anilines is 1. The van der Waals surface area contributed by atoms with Gasteiger partial charge in [-0.1, -0.05) is 45.0 Å². The summed E-state index contributed by atoms with van der Waals surface area (Å²) in [6, 6.07) is 14.8. The summed E-state index contributed by atoms with van der Waals surface area (Å²) in [4.78, 5) is 38.1. The zero-order valence-electron chi connectivity index (χ0n) is 21.0. The van der Waals surface area contributed by atoms with E-state index in [1.54, 1.807) is 24.3 Å². The van der Waals surface area contributed by atoms with Gasteiger partial charge >= 0.3 is 5.97 Å². The molecule has 0 spiro atoms. The second-order valence-electron chi connectivity index (χ2n) is 9.77. The Morgan fingerprint density at radius 2 is 1.54 bits per heavy atom. The van der Waals surface area contributed by atoms with Crippen LogP contribution in [0.15, 0.2) is 60.7 Å². The summed E-state index contributed by atoms with van der Waals surface area (Å²) in [6.07, 6.45) is 0. The van der Waals surface area contributed by atoms with Crippen LogP contribution in [0.25, 0.3) is 11.1 Å². The Morgan fingerprint density at radius 1 is 0.892 bits per heavy atom. The van der Waals surface area contributed by atoms with Crippen molar-refractivity contribution >= 4 is 29.3 Å². The van der Waals surface area contributed by atoms with E-state index in [0.717, 1.165) is 0 Å². The van der Waals surface area contributed by atoms with Crippen molar-refractivity contribution in [2.75, 3.05) is 5.32 Å². The number of carbonyl (C=O) groups excluding carboxylic acids is 2. The predicted octanol–water partition coefficient (Wildman–Crippen LogP) is 4.46. The second kappa shape index (κ2) is 10.5. The number of rotatable bonds is 7. The van der Waals surface area contributed by atoms with E-state index in [4.69, 9.17) is 11.1 Å². The topological polar surface area (TPSA) is 166 Å². The number of hydrogen-bond acceptors (Lipinski definition) is 5. The summed E-state index contributed by atoms with van der Waals surface area (Å²) in [5, 5.41) is 33.0. The van der Waals surface area contributed by atoms with Crippen LogP contribution in [0, 0.1) is 10.8 Å². The number of carboxylic acid groups (broad SMARTS) is 1. The van der Waals surface area contributed by atoms with Gasteiger partial charge in [-0.25, -0.2) is 4.79 Å². The highest BCUT2D eigenvalue weighted by atomic mass is 16.4. The fourth-order valence-corrected chi connectivity index (χ4v) is 3.55. The van der Waals surface area contributed by atoms with Gasteiger partial charge in [-0.05, 0) is 53.8 Å². The van der Waals surface area contributed by atoms with Crippen molar-refractivity contribution < 1.29 is 24.6 Å². The molecule has 7 N–H and O–H groups in total. The van der Waals surface area contributed by atoms with Crippen molar-refractivity contribution in [3.8, 4) is 16.9 Å². The summed E-state index contributed by atoms with van der Waals surface area (Å²) in [5.41, 5.74) is 6.52. The Hall–Kier alpha value is -4.66. The van der Waals surface area contributed by atoms with Gasteiger partial charge in [0.2, 0.25) is 0 Å². The molecule has 0 aliphatic carbocycles. The van der Waals surface area contributed by atoms with Crippen molar-refractivity contribution in [1.82, 2.24) is 5.32 Å². The molecule has 0 saturated carbocycles. The molecule has 2 amide bonds. The number of carbonyl (C=O) groups is 3. The van der Waals surface area contributed by atoms with Gasteiger partial charge in [-0.3, -0.25) is 15.0 Å². The molecule has 9 heteroatoms. The third-order valence-corrected chi connectivity index (χ3v) is 6.17.